The van der Waals surface area contributed by atoms with Crippen LogP contribution in [0.3, 0.4) is 0 Å². The first-order valence-electron chi connectivity index (χ1n) is 21.6. The first kappa shape index (κ1) is 48.5. The number of rotatable bonds is 15. The molecule has 2 aliphatic rings. The van der Waals surface area contributed by atoms with E-state index < -0.39 is 0 Å². The van der Waals surface area contributed by atoms with Gasteiger partial charge >= 0.3 is 0 Å². The molecular formula is C48H53BrCl2FN9O5. The predicted octanol–water partition coefficient (Wildman–Crippen LogP) is 10.2. The Morgan fingerprint density at radius 3 is 2.09 bits per heavy atom. The van der Waals surface area contributed by atoms with E-state index in [2.05, 4.69) is 76.4 Å². The average Bonchev–Trinajstić information content (AvgIpc) is 3.32. The highest BCUT2D eigenvalue weighted by Gasteiger charge is 2.21. The Morgan fingerprint density at radius 2 is 1.41 bits per heavy atom. The number of nitrogens with one attached hydrogen (secondary N) is 2. The Morgan fingerprint density at radius 1 is 0.742 bits per heavy atom. The van der Waals surface area contributed by atoms with Crippen molar-refractivity contribution < 1.29 is 28.1 Å². The third kappa shape index (κ3) is 12.1. The number of hydrogen-bond donors (Lipinski definition) is 2. The van der Waals surface area contributed by atoms with Gasteiger partial charge in [0.15, 0.2) is 23.0 Å². The number of fused-ring (bicyclic) bond motifs is 2. The van der Waals surface area contributed by atoms with E-state index in [1.807, 2.05) is 24.3 Å². The number of ether oxygens (including phenoxy) is 5. The van der Waals surface area contributed by atoms with E-state index in [9.17, 15) is 9.65 Å². The van der Waals surface area contributed by atoms with Crippen LogP contribution in [0.15, 0.2) is 71.6 Å². The Hall–Kier alpha value is -5.41. The van der Waals surface area contributed by atoms with Gasteiger partial charge in [0.25, 0.3) is 0 Å². The molecule has 2 saturated heterocycles. The van der Waals surface area contributed by atoms with E-state index in [1.54, 1.807) is 38.5 Å². The number of methoxy groups -OCH3 is 3. The number of nitrogens with zero attached hydrogens (tertiary/aromatic N) is 7. The standard InChI is InChI=1S/C26H29Cl2N5O3.C22H24BrFN4O2/c1-32-6-8-33(9-7-32)5-4-10-36-25-13-21-18(11-24(25)35-3)26(17(15-29)16-30-21)31-22-14-23(34-2)20(28)12-19(22)27;1-28-7-5-14(6-8-28)12-30-21-11-19-16(10-20(21)29-2)22(26-13-25-19)27-18-4-3-15(23)9-17(18)24/h11-14,16H,4-10H2,1-3H3,(H,30,31);3-4,9-11,13-14H,5-8,12H2,1-2H3,(H,25,26,27). The molecule has 66 heavy (non-hydrogen) atoms. The fourth-order valence-electron chi connectivity index (χ4n) is 7.74. The maximum atomic E-state index is 14.3. The molecule has 4 heterocycles. The lowest BCUT2D eigenvalue weighted by Gasteiger charge is -2.32. The smallest absolute Gasteiger partial charge is 0.163 e. The quantitative estimate of drug-likeness (QED) is 0.0943. The average molecular weight is 1010 g/mol. The number of nitriles is 1. The summed E-state index contributed by atoms with van der Waals surface area (Å²) >= 11 is 15.9. The van der Waals surface area contributed by atoms with E-state index in [0.29, 0.717) is 107 Å². The SMILES string of the molecule is COc1cc(Nc2c(C#N)cnc3cc(OCCCN4CCN(C)CC4)c(OC)cc23)c(Cl)cc1Cl.COc1cc2c(Nc3ccc(Br)cc3F)ncnc2cc1OCC1CCN(C)CC1. The minimum absolute atomic E-state index is 0.333. The van der Waals surface area contributed by atoms with Crippen molar-refractivity contribution in [3.8, 4) is 34.8 Å². The molecule has 0 radical (unpaired) electrons. The summed E-state index contributed by atoms with van der Waals surface area (Å²) in [5, 5.41) is 18.3. The molecule has 6 aromatic rings. The molecule has 0 saturated carbocycles. The van der Waals surface area contributed by atoms with Crippen molar-refractivity contribution in [3.63, 3.8) is 0 Å². The van der Waals surface area contributed by atoms with Crippen molar-refractivity contribution >= 4 is 83.8 Å². The van der Waals surface area contributed by atoms with Crippen LogP contribution in [-0.2, 0) is 0 Å². The van der Waals surface area contributed by atoms with Crippen LogP contribution >= 0.6 is 39.1 Å². The van der Waals surface area contributed by atoms with Crippen molar-refractivity contribution in [1.29, 1.82) is 5.26 Å². The van der Waals surface area contributed by atoms with E-state index >= 15 is 0 Å². The second kappa shape index (κ2) is 22.9. The number of likely N-dealkylation sites (tertiary alicyclic amines) is 1. The normalized spacial score (nSPS) is 14.8. The molecular weight excluding hydrogens is 952 g/mol. The minimum atomic E-state index is -0.374. The first-order chi connectivity index (χ1) is 32.0. The Bertz CT molecular complexity index is 2680. The Kier molecular flexibility index (Phi) is 16.8. The van der Waals surface area contributed by atoms with E-state index in [1.165, 1.54) is 25.7 Å². The third-order valence-electron chi connectivity index (χ3n) is 11.7. The van der Waals surface area contributed by atoms with Crippen LogP contribution in [0.2, 0.25) is 10.0 Å². The van der Waals surface area contributed by atoms with Gasteiger partial charge in [-0.2, -0.15) is 5.26 Å². The van der Waals surface area contributed by atoms with Crippen molar-refractivity contribution in [2.45, 2.75) is 19.3 Å². The Labute approximate surface area is 403 Å². The molecule has 4 aromatic carbocycles. The molecule has 0 unspecified atom stereocenters. The molecule has 0 bridgehead atoms. The van der Waals surface area contributed by atoms with Gasteiger partial charge in [-0.25, -0.2) is 14.4 Å². The molecule has 348 valence electrons. The van der Waals surface area contributed by atoms with Crippen molar-refractivity contribution in [1.82, 2.24) is 29.7 Å². The second-order valence-electron chi connectivity index (χ2n) is 16.2. The number of benzene rings is 4. The van der Waals surface area contributed by atoms with Crippen LogP contribution in [0, 0.1) is 23.1 Å². The minimum Gasteiger partial charge on any atom is -0.495 e. The predicted molar refractivity (Wildman–Crippen MR) is 263 cm³/mol. The lowest BCUT2D eigenvalue weighted by molar-refractivity contribution is 0.145. The highest BCUT2D eigenvalue weighted by Crippen LogP contribution is 2.41. The zero-order valence-electron chi connectivity index (χ0n) is 37.6. The number of aromatic nitrogens is 3. The highest BCUT2D eigenvalue weighted by molar-refractivity contribution is 9.10. The topological polar surface area (TPSA) is 142 Å². The lowest BCUT2D eigenvalue weighted by atomic mass is 9.98. The summed E-state index contributed by atoms with van der Waals surface area (Å²) in [5.74, 6) is 3.55. The number of piperidine rings is 1. The van der Waals surface area contributed by atoms with Crippen LogP contribution in [0.1, 0.15) is 24.8 Å². The van der Waals surface area contributed by atoms with Gasteiger partial charge in [0.1, 0.15) is 29.8 Å². The van der Waals surface area contributed by atoms with Crippen LogP contribution in [0.25, 0.3) is 21.8 Å². The van der Waals surface area contributed by atoms with Crippen molar-refractivity contribution in [2.24, 2.45) is 5.92 Å². The molecule has 18 heteroatoms. The largest absolute Gasteiger partial charge is 0.495 e. The molecule has 8 rings (SSSR count). The van der Waals surface area contributed by atoms with Gasteiger partial charge in [0.05, 0.1) is 78.2 Å². The molecule has 2 fully saturated rings. The van der Waals surface area contributed by atoms with Gasteiger partial charge in [-0.1, -0.05) is 39.1 Å². The van der Waals surface area contributed by atoms with E-state index in [4.69, 9.17) is 46.9 Å². The van der Waals surface area contributed by atoms with Gasteiger partial charge < -0.3 is 49.0 Å². The summed E-state index contributed by atoms with van der Waals surface area (Å²) in [4.78, 5) is 20.3. The maximum Gasteiger partial charge on any atom is 0.163 e. The van der Waals surface area contributed by atoms with E-state index in [-0.39, 0.29) is 5.82 Å². The van der Waals surface area contributed by atoms with Crippen molar-refractivity contribution in [2.75, 3.05) is 105 Å². The van der Waals surface area contributed by atoms with E-state index in [0.717, 1.165) is 70.5 Å². The summed E-state index contributed by atoms with van der Waals surface area (Å²) in [7, 11) is 9.03. The number of anilines is 4. The van der Waals surface area contributed by atoms with Gasteiger partial charge in [0, 0.05) is 72.4 Å². The van der Waals surface area contributed by atoms with Gasteiger partial charge in [-0.05, 0) is 88.8 Å². The molecule has 0 spiro atoms. The molecule has 0 atom stereocenters. The summed E-state index contributed by atoms with van der Waals surface area (Å²) in [6.07, 6.45) is 6.14. The Balaban J connectivity index is 0.000000199. The molecule has 0 amide bonds. The van der Waals surface area contributed by atoms with Gasteiger partial charge in [-0.3, -0.25) is 4.98 Å². The zero-order chi connectivity index (χ0) is 46.7. The molecule has 14 nitrogen and oxygen atoms in total. The molecule has 2 N–H and O–H groups in total. The fraction of sp³-hybridized carbons (Fsp3) is 0.375. The van der Waals surface area contributed by atoms with Gasteiger partial charge in [-0.15, -0.1) is 0 Å². The summed E-state index contributed by atoms with van der Waals surface area (Å²) < 4.78 is 43.6. The zero-order valence-corrected chi connectivity index (χ0v) is 40.7. The second-order valence-corrected chi connectivity index (χ2v) is 17.9. The number of halogens is 4. The molecule has 2 aromatic heterocycles. The molecule has 0 aliphatic carbocycles. The number of piperazine rings is 1. The highest BCUT2D eigenvalue weighted by atomic mass is 79.9. The lowest BCUT2D eigenvalue weighted by Crippen LogP contribution is -2.44. The first-order valence-corrected chi connectivity index (χ1v) is 23.1. The van der Waals surface area contributed by atoms with Crippen LogP contribution in [-0.4, -0.2) is 124 Å². The van der Waals surface area contributed by atoms with Gasteiger partial charge in [0.2, 0.25) is 0 Å². The third-order valence-corrected chi connectivity index (χ3v) is 12.8. The van der Waals surface area contributed by atoms with Crippen LogP contribution in [0.4, 0.5) is 27.3 Å². The summed E-state index contributed by atoms with van der Waals surface area (Å²) in [5.41, 5.74) is 3.14. The fourth-order valence-corrected chi connectivity index (χ4v) is 8.58. The monoisotopic (exact) mass is 1000 g/mol. The maximum absolute atomic E-state index is 14.3. The molecule has 2 aliphatic heterocycles. The summed E-state index contributed by atoms with van der Waals surface area (Å²) in [6, 6.07) is 17.6. The number of likely N-dealkylation sites (N-methyl/N-ethyl adjacent to an activating group) is 1. The number of hydrogen-bond acceptors (Lipinski definition) is 14. The van der Waals surface area contributed by atoms with Crippen LogP contribution < -0.4 is 34.3 Å². The number of pyridine rings is 1. The van der Waals surface area contributed by atoms with Crippen LogP contribution in [0.5, 0.6) is 28.7 Å². The van der Waals surface area contributed by atoms with Crippen molar-refractivity contribution in [3.05, 3.63) is 93.0 Å². The summed E-state index contributed by atoms with van der Waals surface area (Å²) in [6.45, 7) is 8.76.